The topological polar surface area (TPSA) is 29.5 Å². The summed E-state index contributed by atoms with van der Waals surface area (Å²) in [5.74, 6) is 0.679. The number of aliphatic hydroxyl groups is 1. The fourth-order valence-electron chi connectivity index (χ4n) is 1.72. The average Bonchev–Trinajstić information content (AvgIpc) is 2.17. The first-order chi connectivity index (χ1) is 7.01. The molecular weight excluding hydrogens is 212 g/mol. The second-order valence-corrected chi connectivity index (χ2v) is 4.30. The molecule has 0 unspecified atom stereocenters. The highest BCUT2D eigenvalue weighted by Gasteiger charge is 2.25. The third-order valence-electron chi connectivity index (χ3n) is 2.48. The van der Waals surface area contributed by atoms with E-state index in [0.29, 0.717) is 17.2 Å². The van der Waals surface area contributed by atoms with Gasteiger partial charge in [0.1, 0.15) is 5.75 Å². The zero-order valence-corrected chi connectivity index (χ0v) is 10.1. The fourth-order valence-corrected chi connectivity index (χ4v) is 1.89. The van der Waals surface area contributed by atoms with Crippen LogP contribution in [0.15, 0.2) is 18.2 Å². The molecular formula is C12H17ClO2. The van der Waals surface area contributed by atoms with Crippen LogP contribution in [0.4, 0.5) is 0 Å². The summed E-state index contributed by atoms with van der Waals surface area (Å²) in [7, 11) is 1.59. The smallest absolute Gasteiger partial charge is 0.125 e. The molecule has 84 valence electrons. The largest absolute Gasteiger partial charge is 0.496 e. The van der Waals surface area contributed by atoms with E-state index in [1.807, 2.05) is 6.92 Å². The Balaban J connectivity index is 3.15. The van der Waals surface area contributed by atoms with Crippen LogP contribution in [0.1, 0.15) is 32.3 Å². The summed E-state index contributed by atoms with van der Waals surface area (Å²) in [6, 6.07) is 5.30. The molecule has 0 aromatic heterocycles. The number of halogens is 1. The minimum Gasteiger partial charge on any atom is -0.496 e. The van der Waals surface area contributed by atoms with E-state index in [2.05, 4.69) is 0 Å². The van der Waals surface area contributed by atoms with Crippen molar-refractivity contribution in [3.05, 3.63) is 28.8 Å². The van der Waals surface area contributed by atoms with Crippen molar-refractivity contribution in [1.82, 2.24) is 0 Å². The monoisotopic (exact) mass is 228 g/mol. The van der Waals surface area contributed by atoms with Gasteiger partial charge in [0.2, 0.25) is 0 Å². The fraction of sp³-hybridized carbons (Fsp3) is 0.500. The lowest BCUT2D eigenvalue weighted by atomic mass is 9.90. The Morgan fingerprint density at radius 3 is 2.67 bits per heavy atom. The molecule has 3 heteroatoms. The first-order valence-corrected chi connectivity index (χ1v) is 5.45. The highest BCUT2D eigenvalue weighted by molar-refractivity contribution is 6.30. The molecule has 0 saturated heterocycles. The molecule has 0 bridgehead atoms. The molecule has 1 aromatic carbocycles. The molecule has 1 aromatic rings. The van der Waals surface area contributed by atoms with Crippen molar-refractivity contribution in [3.8, 4) is 5.75 Å². The Morgan fingerprint density at radius 2 is 2.13 bits per heavy atom. The highest BCUT2D eigenvalue weighted by Crippen LogP contribution is 2.34. The second-order valence-electron chi connectivity index (χ2n) is 3.87. The van der Waals surface area contributed by atoms with Gasteiger partial charge in [0, 0.05) is 10.6 Å². The molecule has 0 amide bonds. The quantitative estimate of drug-likeness (QED) is 0.857. The third-order valence-corrected chi connectivity index (χ3v) is 2.71. The number of rotatable bonds is 4. The maximum atomic E-state index is 10.3. The van der Waals surface area contributed by atoms with E-state index < -0.39 is 5.60 Å². The van der Waals surface area contributed by atoms with Gasteiger partial charge in [0.05, 0.1) is 12.7 Å². The molecule has 15 heavy (non-hydrogen) atoms. The normalized spacial score (nSPS) is 14.7. The van der Waals surface area contributed by atoms with Crippen LogP contribution in [0.3, 0.4) is 0 Å². The second kappa shape index (κ2) is 4.86. The van der Waals surface area contributed by atoms with Gasteiger partial charge in [-0.1, -0.05) is 24.9 Å². The van der Waals surface area contributed by atoms with Crippen LogP contribution in [0.25, 0.3) is 0 Å². The summed E-state index contributed by atoms with van der Waals surface area (Å²) < 4.78 is 5.21. The molecule has 0 fully saturated rings. The van der Waals surface area contributed by atoms with Gasteiger partial charge >= 0.3 is 0 Å². The predicted molar refractivity (Wildman–Crippen MR) is 62.5 cm³/mol. The van der Waals surface area contributed by atoms with Crippen LogP contribution in [0.5, 0.6) is 5.75 Å². The Hall–Kier alpha value is -0.730. The third kappa shape index (κ3) is 2.86. The Kier molecular flexibility index (Phi) is 4.00. The van der Waals surface area contributed by atoms with Crippen molar-refractivity contribution in [2.75, 3.05) is 7.11 Å². The summed E-state index contributed by atoms with van der Waals surface area (Å²) in [5.41, 5.74) is -0.135. The Morgan fingerprint density at radius 1 is 1.47 bits per heavy atom. The molecule has 2 nitrogen and oxygen atoms in total. The molecule has 0 heterocycles. The molecule has 0 aliphatic heterocycles. The van der Waals surface area contributed by atoms with Crippen molar-refractivity contribution >= 4 is 11.6 Å². The van der Waals surface area contributed by atoms with Gasteiger partial charge in [0.15, 0.2) is 0 Å². The zero-order valence-electron chi connectivity index (χ0n) is 9.38. The standard InChI is InChI=1S/C12H17ClO2/c1-4-7-12(2,14)10-8-9(13)5-6-11(10)15-3/h5-6,8,14H,4,7H2,1-3H3/t12-/m1/s1. The van der Waals surface area contributed by atoms with Crippen molar-refractivity contribution in [1.29, 1.82) is 0 Å². The zero-order chi connectivity index (χ0) is 11.5. The molecule has 0 spiro atoms. The molecule has 0 radical (unpaired) electrons. The minimum atomic E-state index is -0.884. The summed E-state index contributed by atoms with van der Waals surface area (Å²) in [5, 5.41) is 10.9. The lowest BCUT2D eigenvalue weighted by Crippen LogP contribution is -2.21. The van der Waals surface area contributed by atoms with Crippen LogP contribution < -0.4 is 4.74 Å². The van der Waals surface area contributed by atoms with Gasteiger partial charge in [-0.05, 0) is 31.5 Å². The number of benzene rings is 1. The number of hydrogen-bond donors (Lipinski definition) is 1. The summed E-state index contributed by atoms with van der Waals surface area (Å²) in [6.07, 6.45) is 1.59. The molecule has 1 N–H and O–H groups in total. The van der Waals surface area contributed by atoms with E-state index in [4.69, 9.17) is 16.3 Å². The van der Waals surface area contributed by atoms with Crippen LogP contribution in [-0.2, 0) is 5.60 Å². The van der Waals surface area contributed by atoms with Crippen molar-refractivity contribution in [2.24, 2.45) is 0 Å². The van der Waals surface area contributed by atoms with E-state index in [9.17, 15) is 5.11 Å². The van der Waals surface area contributed by atoms with Crippen molar-refractivity contribution in [2.45, 2.75) is 32.3 Å². The summed E-state index contributed by atoms with van der Waals surface area (Å²) in [6.45, 7) is 3.82. The molecule has 0 aliphatic rings. The maximum Gasteiger partial charge on any atom is 0.125 e. The van der Waals surface area contributed by atoms with Crippen LogP contribution in [-0.4, -0.2) is 12.2 Å². The van der Waals surface area contributed by atoms with E-state index in [0.717, 1.165) is 12.0 Å². The van der Waals surface area contributed by atoms with Gasteiger partial charge < -0.3 is 9.84 Å². The summed E-state index contributed by atoms with van der Waals surface area (Å²) in [4.78, 5) is 0. The van der Waals surface area contributed by atoms with Crippen LogP contribution >= 0.6 is 11.6 Å². The van der Waals surface area contributed by atoms with E-state index in [-0.39, 0.29) is 0 Å². The van der Waals surface area contributed by atoms with Crippen LogP contribution in [0, 0.1) is 0 Å². The van der Waals surface area contributed by atoms with Gasteiger partial charge in [0.25, 0.3) is 0 Å². The predicted octanol–water partition coefficient (Wildman–Crippen LogP) is 3.36. The van der Waals surface area contributed by atoms with Crippen LogP contribution in [0.2, 0.25) is 5.02 Å². The Bertz CT molecular complexity index is 334. The highest BCUT2D eigenvalue weighted by atomic mass is 35.5. The van der Waals surface area contributed by atoms with Crippen molar-refractivity contribution < 1.29 is 9.84 Å². The van der Waals surface area contributed by atoms with Crippen molar-refractivity contribution in [3.63, 3.8) is 0 Å². The number of hydrogen-bond acceptors (Lipinski definition) is 2. The van der Waals surface area contributed by atoms with E-state index in [1.54, 1.807) is 32.2 Å². The first-order valence-electron chi connectivity index (χ1n) is 5.07. The van der Waals surface area contributed by atoms with Gasteiger partial charge in [-0.3, -0.25) is 0 Å². The maximum absolute atomic E-state index is 10.3. The van der Waals surface area contributed by atoms with Gasteiger partial charge in [-0.15, -0.1) is 0 Å². The molecule has 0 saturated carbocycles. The van der Waals surface area contributed by atoms with E-state index in [1.165, 1.54) is 0 Å². The van der Waals surface area contributed by atoms with Gasteiger partial charge in [-0.25, -0.2) is 0 Å². The Labute approximate surface area is 95.8 Å². The number of methoxy groups -OCH3 is 1. The molecule has 0 aliphatic carbocycles. The SMILES string of the molecule is CCC[C@@](C)(O)c1cc(Cl)ccc1OC. The number of ether oxygens (including phenoxy) is 1. The average molecular weight is 229 g/mol. The lowest BCUT2D eigenvalue weighted by molar-refractivity contribution is 0.0445. The molecule has 1 atom stereocenters. The first kappa shape index (κ1) is 12.3. The summed E-state index contributed by atoms with van der Waals surface area (Å²) >= 11 is 5.91. The lowest BCUT2D eigenvalue weighted by Gasteiger charge is -2.25. The minimum absolute atomic E-state index is 0.613. The molecule has 1 rings (SSSR count). The van der Waals surface area contributed by atoms with E-state index >= 15 is 0 Å². The van der Waals surface area contributed by atoms with Gasteiger partial charge in [-0.2, -0.15) is 0 Å².